The number of nitrogens with one attached hydrogen (secondary N) is 3. The molecule has 0 unspecified atom stereocenters. The van der Waals surface area contributed by atoms with Gasteiger partial charge in [-0.2, -0.15) is 0 Å². The van der Waals surface area contributed by atoms with Gasteiger partial charge in [-0.05, 0) is 60.5 Å². The maximum absolute atomic E-state index is 12.7. The third-order valence-corrected chi connectivity index (χ3v) is 5.18. The number of amides is 5. The fourth-order valence-corrected chi connectivity index (χ4v) is 3.48. The Morgan fingerprint density at radius 1 is 0.889 bits per heavy atom. The van der Waals surface area contributed by atoms with Crippen LogP contribution in [0.4, 0.5) is 16.2 Å². The quantitative estimate of drug-likeness (QED) is 0.334. The van der Waals surface area contributed by atoms with E-state index in [9.17, 15) is 19.2 Å². The third-order valence-electron chi connectivity index (χ3n) is 5.18. The van der Waals surface area contributed by atoms with Crippen LogP contribution in [-0.4, -0.2) is 41.8 Å². The van der Waals surface area contributed by atoms with E-state index in [0.717, 1.165) is 10.5 Å². The molecule has 5 amide bonds. The second-order valence-electron chi connectivity index (χ2n) is 8.07. The van der Waals surface area contributed by atoms with Crippen LogP contribution in [-0.2, 0) is 14.4 Å². The van der Waals surface area contributed by atoms with E-state index in [-0.39, 0.29) is 18.2 Å². The lowest BCUT2D eigenvalue weighted by atomic mass is 10.2. The van der Waals surface area contributed by atoms with Crippen molar-refractivity contribution in [3.05, 3.63) is 95.7 Å². The molecule has 36 heavy (non-hydrogen) atoms. The van der Waals surface area contributed by atoms with Gasteiger partial charge in [-0.1, -0.05) is 42.5 Å². The molecule has 0 atom stereocenters. The van der Waals surface area contributed by atoms with Gasteiger partial charge in [0.15, 0.2) is 6.61 Å². The maximum Gasteiger partial charge on any atom is 0.329 e. The summed E-state index contributed by atoms with van der Waals surface area (Å²) in [6, 6.07) is 22.3. The number of carbonyl (C=O) groups is 4. The van der Waals surface area contributed by atoms with E-state index in [0.29, 0.717) is 22.7 Å². The average Bonchev–Trinajstić information content (AvgIpc) is 3.11. The highest BCUT2D eigenvalue weighted by Crippen LogP contribution is 2.18. The molecule has 0 aromatic heterocycles. The SMILES string of the molecule is Cc1cccc(NC(=O)CN2C(=O)N/C(=C/c3ccc(OCC(=O)Nc4ccccc4)cc3)C2=O)c1. The molecule has 0 radical (unpaired) electrons. The summed E-state index contributed by atoms with van der Waals surface area (Å²) in [5, 5.41) is 7.90. The van der Waals surface area contributed by atoms with Gasteiger partial charge in [-0.3, -0.25) is 14.4 Å². The van der Waals surface area contributed by atoms with Crippen LogP contribution in [0, 0.1) is 6.92 Å². The predicted molar refractivity (Wildman–Crippen MR) is 135 cm³/mol. The first-order valence-corrected chi connectivity index (χ1v) is 11.2. The van der Waals surface area contributed by atoms with Gasteiger partial charge in [0.25, 0.3) is 11.8 Å². The Bertz CT molecular complexity index is 1320. The summed E-state index contributed by atoms with van der Waals surface area (Å²) >= 11 is 0. The molecule has 1 aliphatic rings. The number of benzene rings is 3. The van der Waals surface area contributed by atoms with Crippen molar-refractivity contribution in [2.45, 2.75) is 6.92 Å². The summed E-state index contributed by atoms with van der Waals surface area (Å²) in [6.45, 7) is 1.32. The number of hydrogen-bond donors (Lipinski definition) is 3. The highest BCUT2D eigenvalue weighted by molar-refractivity contribution is 6.15. The second-order valence-corrected chi connectivity index (χ2v) is 8.07. The van der Waals surface area contributed by atoms with Crippen LogP contribution in [0.1, 0.15) is 11.1 Å². The summed E-state index contributed by atoms with van der Waals surface area (Å²) in [5.74, 6) is -0.907. The molecule has 4 rings (SSSR count). The molecule has 1 aliphatic heterocycles. The van der Waals surface area contributed by atoms with E-state index in [1.807, 2.05) is 31.2 Å². The van der Waals surface area contributed by atoms with E-state index < -0.39 is 24.4 Å². The Labute approximate surface area is 207 Å². The molecule has 0 saturated carbocycles. The molecular weight excluding hydrogens is 460 g/mol. The number of carbonyl (C=O) groups excluding carboxylic acids is 4. The Balaban J connectivity index is 1.31. The predicted octanol–water partition coefficient (Wildman–Crippen LogP) is 3.54. The van der Waals surface area contributed by atoms with Gasteiger partial charge >= 0.3 is 6.03 Å². The first-order chi connectivity index (χ1) is 17.4. The number of urea groups is 1. The highest BCUT2D eigenvalue weighted by Gasteiger charge is 2.34. The van der Waals surface area contributed by atoms with Gasteiger partial charge in [-0.25, -0.2) is 9.69 Å². The smallest absolute Gasteiger partial charge is 0.329 e. The fourth-order valence-electron chi connectivity index (χ4n) is 3.48. The second kappa shape index (κ2) is 11.0. The lowest BCUT2D eigenvalue weighted by molar-refractivity contribution is -0.127. The van der Waals surface area contributed by atoms with Crippen molar-refractivity contribution in [1.29, 1.82) is 0 Å². The molecular formula is C27H24N4O5. The van der Waals surface area contributed by atoms with Crippen LogP contribution in [0.5, 0.6) is 5.75 Å². The van der Waals surface area contributed by atoms with Crippen molar-refractivity contribution in [3.8, 4) is 5.75 Å². The average molecular weight is 485 g/mol. The minimum absolute atomic E-state index is 0.0549. The molecule has 0 spiro atoms. The molecule has 0 bridgehead atoms. The van der Waals surface area contributed by atoms with Crippen LogP contribution < -0.4 is 20.7 Å². The molecule has 9 nitrogen and oxygen atoms in total. The zero-order valence-corrected chi connectivity index (χ0v) is 19.5. The van der Waals surface area contributed by atoms with Crippen molar-refractivity contribution < 1.29 is 23.9 Å². The first kappa shape index (κ1) is 24.2. The number of ether oxygens (including phenoxy) is 1. The Hall–Kier alpha value is -4.92. The van der Waals surface area contributed by atoms with Crippen LogP contribution in [0.3, 0.4) is 0 Å². The van der Waals surface area contributed by atoms with Crippen molar-refractivity contribution in [2.24, 2.45) is 0 Å². The van der Waals surface area contributed by atoms with Gasteiger partial charge < -0.3 is 20.7 Å². The van der Waals surface area contributed by atoms with Gasteiger partial charge in [0.2, 0.25) is 5.91 Å². The topological polar surface area (TPSA) is 117 Å². The number of imide groups is 1. The van der Waals surface area contributed by atoms with Crippen molar-refractivity contribution in [2.75, 3.05) is 23.8 Å². The fraction of sp³-hybridized carbons (Fsp3) is 0.111. The molecule has 3 aromatic rings. The van der Waals surface area contributed by atoms with Gasteiger partial charge in [0.05, 0.1) is 0 Å². The van der Waals surface area contributed by atoms with E-state index >= 15 is 0 Å². The molecule has 0 aliphatic carbocycles. The minimum atomic E-state index is -0.671. The molecule has 182 valence electrons. The van der Waals surface area contributed by atoms with E-state index in [2.05, 4.69) is 16.0 Å². The summed E-state index contributed by atoms with van der Waals surface area (Å²) in [4.78, 5) is 50.2. The summed E-state index contributed by atoms with van der Waals surface area (Å²) in [7, 11) is 0. The number of anilines is 2. The van der Waals surface area contributed by atoms with Gasteiger partial charge in [0.1, 0.15) is 18.0 Å². The van der Waals surface area contributed by atoms with Gasteiger partial charge in [0, 0.05) is 11.4 Å². The maximum atomic E-state index is 12.7. The van der Waals surface area contributed by atoms with Crippen molar-refractivity contribution in [3.63, 3.8) is 0 Å². The number of para-hydroxylation sites is 1. The van der Waals surface area contributed by atoms with E-state index in [1.165, 1.54) is 6.08 Å². The minimum Gasteiger partial charge on any atom is -0.484 e. The number of hydrogen-bond acceptors (Lipinski definition) is 5. The summed E-state index contributed by atoms with van der Waals surface area (Å²) < 4.78 is 5.50. The number of aryl methyl sites for hydroxylation is 1. The Kier molecular flexibility index (Phi) is 7.40. The lowest BCUT2D eigenvalue weighted by Gasteiger charge is -2.12. The van der Waals surface area contributed by atoms with E-state index in [1.54, 1.807) is 54.6 Å². The van der Waals surface area contributed by atoms with Gasteiger partial charge in [-0.15, -0.1) is 0 Å². The monoisotopic (exact) mass is 484 g/mol. The van der Waals surface area contributed by atoms with Crippen molar-refractivity contribution >= 4 is 41.2 Å². The zero-order valence-electron chi connectivity index (χ0n) is 19.5. The molecule has 3 N–H and O–H groups in total. The van der Waals surface area contributed by atoms with Crippen molar-refractivity contribution in [1.82, 2.24) is 10.2 Å². The summed E-state index contributed by atoms with van der Waals surface area (Å²) in [5.41, 5.74) is 2.92. The normalized spacial score (nSPS) is 13.9. The standard InChI is InChI=1S/C27H24N4O5/c1-18-6-5-9-21(14-18)29-24(32)16-31-26(34)23(30-27(31)35)15-19-10-12-22(13-11-19)36-17-25(33)28-20-7-3-2-4-8-20/h2-15H,16-17H2,1H3,(H,28,33)(H,29,32)(H,30,35)/b23-15+. The summed E-state index contributed by atoms with van der Waals surface area (Å²) in [6.07, 6.45) is 1.50. The third kappa shape index (κ3) is 6.35. The molecule has 1 heterocycles. The molecule has 1 fully saturated rings. The molecule has 9 heteroatoms. The molecule has 3 aromatic carbocycles. The Morgan fingerprint density at radius 3 is 2.31 bits per heavy atom. The number of rotatable bonds is 8. The van der Waals surface area contributed by atoms with Crippen LogP contribution in [0.2, 0.25) is 0 Å². The lowest BCUT2D eigenvalue weighted by Crippen LogP contribution is -2.38. The first-order valence-electron chi connectivity index (χ1n) is 11.2. The molecule has 1 saturated heterocycles. The van der Waals surface area contributed by atoms with E-state index in [4.69, 9.17) is 4.74 Å². The largest absolute Gasteiger partial charge is 0.484 e. The Morgan fingerprint density at radius 2 is 1.58 bits per heavy atom. The number of nitrogens with zero attached hydrogens (tertiary/aromatic N) is 1. The zero-order chi connectivity index (χ0) is 25.5. The highest BCUT2D eigenvalue weighted by atomic mass is 16.5. The van der Waals surface area contributed by atoms with Crippen LogP contribution in [0.15, 0.2) is 84.6 Å². The van der Waals surface area contributed by atoms with Crippen LogP contribution in [0.25, 0.3) is 6.08 Å². The van der Waals surface area contributed by atoms with Crippen LogP contribution >= 0.6 is 0 Å².